The molecule has 0 saturated carbocycles. The average Bonchev–Trinajstić information content (AvgIpc) is 2.53. The Bertz CT molecular complexity index is 521. The molecule has 0 atom stereocenters. The Morgan fingerprint density at radius 3 is 2.61 bits per heavy atom. The summed E-state index contributed by atoms with van der Waals surface area (Å²) in [7, 11) is 1.29. The first-order valence-electron chi connectivity index (χ1n) is 7.63. The minimum atomic E-state index is -0.463. The van der Waals surface area contributed by atoms with Crippen molar-refractivity contribution in [3.05, 3.63) is 33.8 Å². The van der Waals surface area contributed by atoms with Crippen LogP contribution in [0.25, 0.3) is 0 Å². The molecule has 0 fully saturated rings. The van der Waals surface area contributed by atoms with Crippen LogP contribution in [0.1, 0.15) is 37.7 Å². The highest BCUT2D eigenvalue weighted by atomic mass is 35.5. The van der Waals surface area contributed by atoms with E-state index in [-0.39, 0.29) is 12.2 Å². The van der Waals surface area contributed by atoms with Crippen LogP contribution in [0.3, 0.4) is 0 Å². The number of carbonyl (C=O) groups excluding carboxylic acids is 2. The van der Waals surface area contributed by atoms with E-state index in [9.17, 15) is 9.59 Å². The lowest BCUT2D eigenvalue weighted by atomic mass is 10.1. The number of carbonyl (C=O) groups is 2. The van der Waals surface area contributed by atoms with Gasteiger partial charge in [-0.15, -0.1) is 0 Å². The first kappa shape index (κ1) is 20.3. The van der Waals surface area contributed by atoms with E-state index in [2.05, 4.69) is 4.74 Å². The third-order valence-corrected chi connectivity index (χ3v) is 5.31. The number of thioether (sulfide) groups is 1. The van der Waals surface area contributed by atoms with Gasteiger partial charge >= 0.3 is 5.97 Å². The minimum Gasteiger partial charge on any atom is -0.469 e. The minimum absolute atomic E-state index is 0.0718. The maximum Gasteiger partial charge on any atom is 0.313 e. The van der Waals surface area contributed by atoms with E-state index in [4.69, 9.17) is 23.2 Å². The SMILES string of the molecule is COC(=O)CC(=O)CSCCCCCCc1cccc(Cl)c1Cl. The number of ketones is 1. The van der Waals surface area contributed by atoms with Crippen molar-refractivity contribution in [2.45, 2.75) is 38.5 Å². The van der Waals surface area contributed by atoms with Crippen molar-refractivity contribution in [2.75, 3.05) is 18.6 Å². The van der Waals surface area contributed by atoms with E-state index in [0.717, 1.165) is 43.4 Å². The maximum atomic E-state index is 11.4. The largest absolute Gasteiger partial charge is 0.469 e. The molecule has 0 bridgehead atoms. The number of rotatable bonds is 11. The van der Waals surface area contributed by atoms with Crippen LogP contribution in [0.4, 0.5) is 0 Å². The molecule has 0 radical (unpaired) electrons. The summed E-state index contributed by atoms with van der Waals surface area (Å²) in [5, 5.41) is 1.27. The van der Waals surface area contributed by atoms with Gasteiger partial charge in [0.15, 0.2) is 5.78 Å². The molecule has 0 aliphatic carbocycles. The van der Waals surface area contributed by atoms with E-state index in [0.29, 0.717) is 15.8 Å². The van der Waals surface area contributed by atoms with Crippen molar-refractivity contribution in [1.82, 2.24) is 0 Å². The molecular formula is C17H22Cl2O3S. The zero-order valence-corrected chi connectivity index (χ0v) is 15.6. The van der Waals surface area contributed by atoms with E-state index in [1.165, 1.54) is 7.11 Å². The molecule has 0 saturated heterocycles. The number of esters is 1. The molecule has 0 aliphatic heterocycles. The molecule has 0 N–H and O–H groups in total. The lowest BCUT2D eigenvalue weighted by Crippen LogP contribution is -2.11. The predicted molar refractivity (Wildman–Crippen MR) is 97.6 cm³/mol. The van der Waals surface area contributed by atoms with Crippen molar-refractivity contribution in [1.29, 1.82) is 0 Å². The fourth-order valence-corrected chi connectivity index (χ4v) is 3.38. The summed E-state index contributed by atoms with van der Waals surface area (Å²) in [6.07, 6.45) is 5.20. The van der Waals surface area contributed by atoms with Gasteiger partial charge in [0.2, 0.25) is 0 Å². The van der Waals surface area contributed by atoms with Gasteiger partial charge in [-0.25, -0.2) is 0 Å². The van der Waals surface area contributed by atoms with Crippen LogP contribution < -0.4 is 0 Å². The smallest absolute Gasteiger partial charge is 0.313 e. The van der Waals surface area contributed by atoms with Crippen LogP contribution in [0.2, 0.25) is 10.0 Å². The molecule has 23 heavy (non-hydrogen) atoms. The van der Waals surface area contributed by atoms with E-state index >= 15 is 0 Å². The van der Waals surface area contributed by atoms with Crippen molar-refractivity contribution < 1.29 is 14.3 Å². The summed E-state index contributed by atoms with van der Waals surface area (Å²) < 4.78 is 4.46. The summed E-state index contributed by atoms with van der Waals surface area (Å²) in [6, 6.07) is 5.73. The van der Waals surface area contributed by atoms with Crippen molar-refractivity contribution >= 4 is 46.7 Å². The van der Waals surface area contributed by atoms with E-state index in [1.807, 2.05) is 12.1 Å². The molecule has 1 aromatic carbocycles. The monoisotopic (exact) mass is 376 g/mol. The Balaban J connectivity index is 2.03. The normalized spacial score (nSPS) is 10.6. The number of methoxy groups -OCH3 is 1. The van der Waals surface area contributed by atoms with Gasteiger partial charge in [0, 0.05) is 0 Å². The van der Waals surface area contributed by atoms with Crippen LogP contribution in [0.15, 0.2) is 18.2 Å². The third kappa shape index (κ3) is 8.63. The lowest BCUT2D eigenvalue weighted by molar-refractivity contribution is -0.142. The number of hydrogen-bond acceptors (Lipinski definition) is 4. The van der Waals surface area contributed by atoms with Crippen LogP contribution in [0.5, 0.6) is 0 Å². The van der Waals surface area contributed by atoms with Crippen LogP contribution in [-0.2, 0) is 20.7 Å². The van der Waals surface area contributed by atoms with Gasteiger partial charge < -0.3 is 4.74 Å². The number of Topliss-reactive ketones (excluding diaryl/α,β-unsaturated/α-hetero) is 1. The molecule has 0 unspecified atom stereocenters. The predicted octanol–water partition coefficient (Wildman–Crippen LogP) is 4.96. The molecule has 0 heterocycles. The highest BCUT2D eigenvalue weighted by molar-refractivity contribution is 7.99. The van der Waals surface area contributed by atoms with Gasteiger partial charge in [-0.2, -0.15) is 11.8 Å². The molecule has 6 heteroatoms. The van der Waals surface area contributed by atoms with Crippen molar-refractivity contribution in [3.8, 4) is 0 Å². The Labute approximate surface area is 152 Å². The first-order valence-corrected chi connectivity index (χ1v) is 9.54. The molecule has 1 aromatic rings. The zero-order chi connectivity index (χ0) is 17.1. The Morgan fingerprint density at radius 2 is 1.87 bits per heavy atom. The molecule has 0 aromatic heterocycles. The fourth-order valence-electron chi connectivity index (χ4n) is 2.08. The Kier molecular flexibility index (Phi) is 10.4. The Morgan fingerprint density at radius 1 is 1.13 bits per heavy atom. The standard InChI is InChI=1S/C17H22Cl2O3S/c1-22-16(21)11-14(20)12-23-10-5-3-2-4-7-13-8-6-9-15(18)17(13)19/h6,8-9H,2-5,7,10-12H2,1H3. The quantitative estimate of drug-likeness (QED) is 0.311. The maximum absolute atomic E-state index is 11.4. The van der Waals surface area contributed by atoms with Crippen molar-refractivity contribution in [3.63, 3.8) is 0 Å². The van der Waals surface area contributed by atoms with Gasteiger partial charge in [0.1, 0.15) is 6.42 Å². The van der Waals surface area contributed by atoms with Gasteiger partial charge in [-0.05, 0) is 36.6 Å². The molecule has 0 aliphatic rings. The van der Waals surface area contributed by atoms with Crippen molar-refractivity contribution in [2.24, 2.45) is 0 Å². The number of hydrogen-bond donors (Lipinski definition) is 0. The van der Waals surface area contributed by atoms with E-state index in [1.54, 1.807) is 17.8 Å². The van der Waals surface area contributed by atoms with Gasteiger partial charge in [-0.1, -0.05) is 48.2 Å². The second-order valence-electron chi connectivity index (χ2n) is 5.22. The highest BCUT2D eigenvalue weighted by Crippen LogP contribution is 2.26. The molecule has 1 rings (SSSR count). The van der Waals surface area contributed by atoms with E-state index < -0.39 is 5.97 Å². The molecule has 128 valence electrons. The van der Waals surface area contributed by atoms with Gasteiger partial charge in [0.05, 0.1) is 22.9 Å². The number of unbranched alkanes of at least 4 members (excludes halogenated alkanes) is 3. The third-order valence-electron chi connectivity index (χ3n) is 3.35. The summed E-state index contributed by atoms with van der Waals surface area (Å²) >= 11 is 13.7. The topological polar surface area (TPSA) is 43.4 Å². The molecule has 3 nitrogen and oxygen atoms in total. The Hall–Kier alpha value is -0.710. The number of ether oxygens (including phenoxy) is 1. The fraction of sp³-hybridized carbons (Fsp3) is 0.529. The second-order valence-corrected chi connectivity index (χ2v) is 7.11. The second kappa shape index (κ2) is 11.8. The van der Waals surface area contributed by atoms with Crippen LogP contribution in [0, 0.1) is 0 Å². The number of benzene rings is 1. The molecule has 0 amide bonds. The highest BCUT2D eigenvalue weighted by Gasteiger charge is 2.09. The zero-order valence-electron chi connectivity index (χ0n) is 13.3. The van der Waals surface area contributed by atoms with Gasteiger partial charge in [-0.3, -0.25) is 9.59 Å². The van der Waals surface area contributed by atoms with Crippen LogP contribution in [-0.4, -0.2) is 30.4 Å². The summed E-state index contributed by atoms with van der Waals surface area (Å²) in [5.74, 6) is 0.783. The molecule has 0 spiro atoms. The van der Waals surface area contributed by atoms with Crippen LogP contribution >= 0.6 is 35.0 Å². The summed E-state index contributed by atoms with van der Waals surface area (Å²) in [4.78, 5) is 22.3. The van der Waals surface area contributed by atoms with Gasteiger partial charge in [0.25, 0.3) is 0 Å². The number of aryl methyl sites for hydroxylation is 1. The summed E-state index contributed by atoms with van der Waals surface area (Å²) in [5.41, 5.74) is 1.10. The number of halogens is 2. The lowest BCUT2D eigenvalue weighted by Gasteiger charge is -2.06. The first-order chi connectivity index (χ1) is 11.0. The molecular weight excluding hydrogens is 355 g/mol. The summed E-state index contributed by atoms with van der Waals surface area (Å²) in [6.45, 7) is 0. The average molecular weight is 377 g/mol.